The number of aliphatic hydroxyl groups is 1. The summed E-state index contributed by atoms with van der Waals surface area (Å²) in [5.74, 6) is 0.786. The van der Waals surface area contributed by atoms with Gasteiger partial charge in [-0.05, 0) is 31.7 Å². The molecule has 16 heavy (non-hydrogen) atoms. The second-order valence-electron chi connectivity index (χ2n) is 5.70. The molecule has 3 N–H and O–H groups in total. The van der Waals surface area contributed by atoms with Crippen molar-refractivity contribution in [2.45, 2.75) is 57.1 Å². The first-order chi connectivity index (χ1) is 7.74. The molecule has 0 aromatic heterocycles. The first-order valence-electron chi connectivity index (χ1n) is 6.90. The van der Waals surface area contributed by atoms with Crippen molar-refractivity contribution in [2.75, 3.05) is 19.6 Å². The monoisotopic (exact) mass is 226 g/mol. The lowest BCUT2D eigenvalue weighted by molar-refractivity contribution is 0.0783. The number of hydrogen-bond donors (Lipinski definition) is 2. The van der Waals surface area contributed by atoms with E-state index in [1.54, 1.807) is 0 Å². The first kappa shape index (κ1) is 12.3. The van der Waals surface area contributed by atoms with E-state index in [1.807, 2.05) is 0 Å². The Morgan fingerprint density at radius 3 is 2.62 bits per heavy atom. The minimum Gasteiger partial charge on any atom is -0.392 e. The Morgan fingerprint density at radius 2 is 1.94 bits per heavy atom. The molecule has 0 bridgehead atoms. The van der Waals surface area contributed by atoms with Gasteiger partial charge in [-0.1, -0.05) is 25.7 Å². The number of hydrogen-bond acceptors (Lipinski definition) is 3. The molecule has 3 nitrogen and oxygen atoms in total. The number of nitrogens with zero attached hydrogens (tertiary/aromatic N) is 1. The van der Waals surface area contributed by atoms with Crippen LogP contribution in [0.1, 0.15) is 44.9 Å². The molecule has 1 aliphatic carbocycles. The van der Waals surface area contributed by atoms with Crippen LogP contribution in [-0.2, 0) is 0 Å². The van der Waals surface area contributed by atoms with Crippen molar-refractivity contribution in [3.05, 3.63) is 0 Å². The fraction of sp³-hybridized carbons (Fsp3) is 1.00. The summed E-state index contributed by atoms with van der Waals surface area (Å²) in [4.78, 5) is 2.34. The van der Waals surface area contributed by atoms with E-state index in [0.29, 0.717) is 6.04 Å². The van der Waals surface area contributed by atoms with Crippen molar-refractivity contribution >= 4 is 0 Å². The van der Waals surface area contributed by atoms with E-state index in [0.717, 1.165) is 38.4 Å². The molecule has 2 fully saturated rings. The van der Waals surface area contributed by atoms with Gasteiger partial charge in [-0.3, -0.25) is 4.90 Å². The Bertz CT molecular complexity index is 204. The summed E-state index contributed by atoms with van der Waals surface area (Å²) in [6.45, 7) is 2.93. The van der Waals surface area contributed by atoms with Crippen LogP contribution in [-0.4, -0.2) is 41.8 Å². The van der Waals surface area contributed by atoms with Gasteiger partial charge in [0.1, 0.15) is 0 Å². The SMILES string of the molecule is N[C@@H]1CCCN(CC(O)CC2CCCC2)C1. The van der Waals surface area contributed by atoms with Gasteiger partial charge < -0.3 is 10.8 Å². The van der Waals surface area contributed by atoms with E-state index in [9.17, 15) is 5.11 Å². The van der Waals surface area contributed by atoms with E-state index in [2.05, 4.69) is 4.90 Å². The maximum Gasteiger partial charge on any atom is 0.0669 e. The van der Waals surface area contributed by atoms with E-state index in [4.69, 9.17) is 5.73 Å². The van der Waals surface area contributed by atoms with Crippen molar-refractivity contribution in [3.8, 4) is 0 Å². The molecule has 1 heterocycles. The quantitative estimate of drug-likeness (QED) is 0.761. The lowest BCUT2D eigenvalue weighted by Crippen LogP contribution is -2.45. The molecule has 1 saturated carbocycles. The van der Waals surface area contributed by atoms with Crippen molar-refractivity contribution in [3.63, 3.8) is 0 Å². The van der Waals surface area contributed by atoms with E-state index >= 15 is 0 Å². The average molecular weight is 226 g/mol. The third kappa shape index (κ3) is 3.72. The maximum atomic E-state index is 10.1. The van der Waals surface area contributed by atoms with E-state index < -0.39 is 0 Å². The fourth-order valence-electron chi connectivity index (χ4n) is 3.26. The van der Waals surface area contributed by atoms with Crippen molar-refractivity contribution in [1.82, 2.24) is 4.90 Å². The highest BCUT2D eigenvalue weighted by Gasteiger charge is 2.22. The van der Waals surface area contributed by atoms with Crippen LogP contribution in [0.4, 0.5) is 0 Å². The highest BCUT2D eigenvalue weighted by molar-refractivity contribution is 4.78. The van der Waals surface area contributed by atoms with Gasteiger partial charge >= 0.3 is 0 Å². The van der Waals surface area contributed by atoms with Crippen LogP contribution in [0.25, 0.3) is 0 Å². The molecule has 0 amide bonds. The Hall–Kier alpha value is -0.120. The number of nitrogens with two attached hydrogens (primary N) is 1. The summed E-state index contributed by atoms with van der Waals surface area (Å²) in [5.41, 5.74) is 5.94. The smallest absolute Gasteiger partial charge is 0.0669 e. The van der Waals surface area contributed by atoms with Gasteiger partial charge in [0.2, 0.25) is 0 Å². The predicted octanol–water partition coefficient (Wildman–Crippen LogP) is 1.35. The van der Waals surface area contributed by atoms with E-state index in [1.165, 1.54) is 32.1 Å². The van der Waals surface area contributed by atoms with Crippen molar-refractivity contribution < 1.29 is 5.11 Å². The lowest BCUT2D eigenvalue weighted by Gasteiger charge is -2.32. The molecule has 2 atom stereocenters. The Morgan fingerprint density at radius 1 is 1.19 bits per heavy atom. The number of aliphatic hydroxyl groups excluding tert-OH is 1. The van der Waals surface area contributed by atoms with Crippen LogP contribution in [0, 0.1) is 5.92 Å². The third-order valence-corrected chi connectivity index (χ3v) is 4.09. The molecule has 1 saturated heterocycles. The van der Waals surface area contributed by atoms with Gasteiger partial charge in [0.15, 0.2) is 0 Å². The Labute approximate surface area is 99.0 Å². The molecule has 3 heteroatoms. The Balaban J connectivity index is 1.67. The van der Waals surface area contributed by atoms with Gasteiger partial charge in [0, 0.05) is 19.1 Å². The Kier molecular flexibility index (Phi) is 4.62. The molecule has 2 aliphatic rings. The maximum absolute atomic E-state index is 10.1. The van der Waals surface area contributed by atoms with Crippen LogP contribution < -0.4 is 5.73 Å². The summed E-state index contributed by atoms with van der Waals surface area (Å²) in [7, 11) is 0. The third-order valence-electron chi connectivity index (χ3n) is 4.09. The predicted molar refractivity (Wildman–Crippen MR) is 66.2 cm³/mol. The van der Waals surface area contributed by atoms with Crippen LogP contribution >= 0.6 is 0 Å². The van der Waals surface area contributed by atoms with Crippen molar-refractivity contribution in [1.29, 1.82) is 0 Å². The van der Waals surface area contributed by atoms with Crippen LogP contribution in [0.3, 0.4) is 0 Å². The molecule has 0 spiro atoms. The van der Waals surface area contributed by atoms with Gasteiger partial charge in [-0.2, -0.15) is 0 Å². The van der Waals surface area contributed by atoms with Crippen LogP contribution in [0.2, 0.25) is 0 Å². The summed E-state index contributed by atoms with van der Waals surface area (Å²) in [6.07, 6.45) is 8.61. The highest BCUT2D eigenvalue weighted by atomic mass is 16.3. The zero-order valence-corrected chi connectivity index (χ0v) is 10.3. The normalized spacial score (nSPS) is 30.8. The summed E-state index contributed by atoms with van der Waals surface area (Å²) < 4.78 is 0. The zero-order chi connectivity index (χ0) is 11.4. The second kappa shape index (κ2) is 5.99. The molecular weight excluding hydrogens is 200 g/mol. The van der Waals surface area contributed by atoms with Gasteiger partial charge in [0.05, 0.1) is 6.10 Å². The molecule has 0 radical (unpaired) electrons. The minimum absolute atomic E-state index is 0.131. The summed E-state index contributed by atoms with van der Waals surface area (Å²) in [6, 6.07) is 0.326. The van der Waals surface area contributed by atoms with E-state index in [-0.39, 0.29) is 6.10 Å². The molecular formula is C13H26N2O. The molecule has 1 aliphatic heterocycles. The largest absolute Gasteiger partial charge is 0.392 e. The standard InChI is InChI=1S/C13H26N2O/c14-12-6-3-7-15(9-12)10-13(16)8-11-4-1-2-5-11/h11-13,16H,1-10,14H2/t12-,13?/m1/s1. The number of rotatable bonds is 4. The zero-order valence-electron chi connectivity index (χ0n) is 10.3. The van der Waals surface area contributed by atoms with Crippen LogP contribution in [0.5, 0.6) is 0 Å². The number of β-amino-alcohol motifs (C(OH)–C–C–N with tert-alkyl or cyclic N) is 1. The number of likely N-dealkylation sites (tertiary alicyclic amines) is 1. The second-order valence-corrected chi connectivity index (χ2v) is 5.70. The summed E-state index contributed by atoms with van der Waals surface area (Å²) in [5, 5.41) is 10.1. The van der Waals surface area contributed by atoms with Crippen molar-refractivity contribution in [2.24, 2.45) is 11.7 Å². The van der Waals surface area contributed by atoms with Gasteiger partial charge in [0.25, 0.3) is 0 Å². The first-order valence-corrected chi connectivity index (χ1v) is 6.90. The number of piperidine rings is 1. The molecule has 0 aromatic rings. The fourth-order valence-corrected chi connectivity index (χ4v) is 3.26. The highest BCUT2D eigenvalue weighted by Crippen LogP contribution is 2.28. The topological polar surface area (TPSA) is 49.5 Å². The van der Waals surface area contributed by atoms with Gasteiger partial charge in [-0.15, -0.1) is 0 Å². The molecule has 94 valence electrons. The lowest BCUT2D eigenvalue weighted by atomic mass is 9.99. The molecule has 0 aromatic carbocycles. The summed E-state index contributed by atoms with van der Waals surface area (Å²) >= 11 is 0. The molecule has 1 unspecified atom stereocenters. The average Bonchev–Trinajstić information content (AvgIpc) is 2.70. The van der Waals surface area contributed by atoms with Gasteiger partial charge in [-0.25, -0.2) is 0 Å². The van der Waals surface area contributed by atoms with Crippen LogP contribution in [0.15, 0.2) is 0 Å². The minimum atomic E-state index is -0.131. The molecule has 2 rings (SSSR count).